The van der Waals surface area contributed by atoms with Gasteiger partial charge in [0.25, 0.3) is 0 Å². The number of fused-ring (bicyclic) bond motifs is 1. The zero-order valence-electron chi connectivity index (χ0n) is 15.5. The van der Waals surface area contributed by atoms with E-state index in [1.165, 1.54) is 0 Å². The quantitative estimate of drug-likeness (QED) is 0.483. The van der Waals surface area contributed by atoms with Crippen LogP contribution < -0.4 is 4.74 Å². The van der Waals surface area contributed by atoms with Crippen LogP contribution in [0.2, 0.25) is 0 Å². The number of aliphatic hydroxyl groups is 1. The Hall–Kier alpha value is -3.19. The number of ether oxygens (including phenoxy) is 1. The van der Waals surface area contributed by atoms with Gasteiger partial charge in [-0.2, -0.15) is 4.98 Å². The zero-order chi connectivity index (χ0) is 19.2. The van der Waals surface area contributed by atoms with Crippen LogP contribution in [0.1, 0.15) is 12.8 Å². The number of unbranched alkanes of at least 4 members (excludes halogenated alkanes) is 1. The molecule has 4 rings (SSSR count). The Morgan fingerprint density at radius 3 is 2.64 bits per heavy atom. The first kappa shape index (κ1) is 18.2. The minimum atomic E-state index is 0.198. The van der Waals surface area contributed by atoms with Crippen molar-refractivity contribution >= 4 is 16.7 Å². The molecular weight excluding hydrogens is 354 g/mol. The highest BCUT2D eigenvalue weighted by Crippen LogP contribution is 2.26. The maximum atomic E-state index is 8.97. The van der Waals surface area contributed by atoms with E-state index in [9.17, 15) is 0 Å². The van der Waals surface area contributed by atoms with Crippen LogP contribution in [-0.2, 0) is 0 Å². The molecule has 2 aromatic carbocycles. The lowest BCUT2D eigenvalue weighted by molar-refractivity contribution is -0.523. The van der Waals surface area contributed by atoms with Gasteiger partial charge in [-0.25, -0.2) is 9.56 Å². The highest BCUT2D eigenvalue weighted by molar-refractivity contribution is 5.86. The van der Waals surface area contributed by atoms with E-state index in [2.05, 4.69) is 24.8 Å². The summed E-state index contributed by atoms with van der Waals surface area (Å²) in [5.74, 6) is 1.95. The molecule has 0 unspecified atom stereocenters. The van der Waals surface area contributed by atoms with Crippen molar-refractivity contribution in [2.24, 2.45) is 10.2 Å². The SMILES string of the molecule is OCCCC[N+]1=C(COc2nc(-c3ccccc3)nc3ccccc23)N=NC1. The molecule has 0 bridgehead atoms. The van der Waals surface area contributed by atoms with Crippen molar-refractivity contribution in [3.8, 4) is 17.3 Å². The summed E-state index contributed by atoms with van der Waals surface area (Å²) in [6, 6.07) is 17.7. The molecule has 7 nitrogen and oxygen atoms in total. The second kappa shape index (κ2) is 8.67. The number of nitrogens with zero attached hydrogens (tertiary/aromatic N) is 5. The molecule has 0 fully saturated rings. The number of aromatic nitrogens is 2. The molecule has 0 amide bonds. The molecule has 0 saturated heterocycles. The van der Waals surface area contributed by atoms with Crippen molar-refractivity contribution < 1.29 is 14.4 Å². The lowest BCUT2D eigenvalue weighted by Gasteiger charge is -2.09. The van der Waals surface area contributed by atoms with Crippen LogP contribution in [-0.4, -0.2) is 51.9 Å². The van der Waals surface area contributed by atoms with E-state index in [4.69, 9.17) is 9.84 Å². The van der Waals surface area contributed by atoms with Crippen molar-refractivity contribution in [2.75, 3.05) is 26.4 Å². The van der Waals surface area contributed by atoms with Crippen molar-refractivity contribution in [2.45, 2.75) is 12.8 Å². The number of rotatable bonds is 8. The lowest BCUT2D eigenvalue weighted by atomic mass is 10.2. The zero-order valence-corrected chi connectivity index (χ0v) is 15.5. The molecule has 7 heteroatoms. The van der Waals surface area contributed by atoms with Crippen LogP contribution in [0.15, 0.2) is 64.8 Å². The second-order valence-electron chi connectivity index (χ2n) is 6.52. The molecule has 2 heterocycles. The summed E-state index contributed by atoms with van der Waals surface area (Å²) in [5, 5.41) is 18.1. The summed E-state index contributed by atoms with van der Waals surface area (Å²) in [6.45, 7) is 1.82. The predicted octanol–water partition coefficient (Wildman–Crippen LogP) is 3.28. The Balaban J connectivity index is 1.61. The summed E-state index contributed by atoms with van der Waals surface area (Å²) in [6.07, 6.45) is 1.65. The summed E-state index contributed by atoms with van der Waals surface area (Å²) < 4.78 is 8.14. The molecule has 142 valence electrons. The fraction of sp³-hybridized carbons (Fsp3) is 0.286. The summed E-state index contributed by atoms with van der Waals surface area (Å²) in [5.41, 5.74) is 1.78. The van der Waals surface area contributed by atoms with Crippen LogP contribution in [0.25, 0.3) is 22.3 Å². The fourth-order valence-electron chi connectivity index (χ4n) is 3.08. The number of hydrogen-bond donors (Lipinski definition) is 1. The Labute approximate surface area is 163 Å². The third-order valence-electron chi connectivity index (χ3n) is 4.56. The van der Waals surface area contributed by atoms with E-state index in [0.717, 1.165) is 41.7 Å². The van der Waals surface area contributed by atoms with Crippen LogP contribution >= 0.6 is 0 Å². The van der Waals surface area contributed by atoms with Crippen molar-refractivity contribution in [3.05, 3.63) is 54.6 Å². The molecule has 0 spiro atoms. The average molecular weight is 376 g/mol. The monoisotopic (exact) mass is 376 g/mol. The highest BCUT2D eigenvalue weighted by Gasteiger charge is 2.22. The first-order valence-electron chi connectivity index (χ1n) is 9.39. The largest absolute Gasteiger partial charge is 0.464 e. The topological polar surface area (TPSA) is 83.0 Å². The summed E-state index contributed by atoms with van der Waals surface area (Å²) in [4.78, 5) is 9.34. The van der Waals surface area contributed by atoms with Crippen LogP contribution in [0.4, 0.5) is 0 Å². The van der Waals surface area contributed by atoms with Crippen LogP contribution in [0.3, 0.4) is 0 Å². The highest BCUT2D eigenvalue weighted by atomic mass is 16.5. The summed E-state index contributed by atoms with van der Waals surface area (Å²) in [7, 11) is 0. The minimum Gasteiger partial charge on any atom is -0.464 e. The van der Waals surface area contributed by atoms with Gasteiger partial charge >= 0.3 is 5.84 Å². The molecule has 0 saturated carbocycles. The molecule has 1 aromatic heterocycles. The van der Waals surface area contributed by atoms with E-state index >= 15 is 0 Å². The van der Waals surface area contributed by atoms with Gasteiger partial charge in [-0.1, -0.05) is 42.5 Å². The van der Waals surface area contributed by atoms with Crippen molar-refractivity contribution in [1.29, 1.82) is 0 Å². The molecule has 1 N–H and O–H groups in total. The van der Waals surface area contributed by atoms with Crippen molar-refractivity contribution in [3.63, 3.8) is 0 Å². The number of para-hydroxylation sites is 1. The average Bonchev–Trinajstić information content (AvgIpc) is 3.20. The standard InChI is InChI=1S/C21H22N5O2/c27-13-7-6-12-26-15-22-25-19(26)14-28-21-17-10-4-5-11-18(17)23-20(24-21)16-8-2-1-3-9-16/h1-5,8-11,27H,6-7,12-15H2/q+1. The number of azo groups is 1. The smallest absolute Gasteiger partial charge is 0.360 e. The molecule has 28 heavy (non-hydrogen) atoms. The van der Waals surface area contributed by atoms with Gasteiger partial charge < -0.3 is 9.84 Å². The minimum absolute atomic E-state index is 0.198. The lowest BCUT2D eigenvalue weighted by Crippen LogP contribution is -2.23. The molecule has 1 aliphatic heterocycles. The Bertz CT molecular complexity index is 1020. The normalized spacial score (nSPS) is 13.5. The molecular formula is C21H22N5O2+. The number of aliphatic hydroxyl groups excluding tert-OH is 1. The maximum Gasteiger partial charge on any atom is 0.360 e. The van der Waals surface area contributed by atoms with Gasteiger partial charge in [-0.15, -0.1) is 0 Å². The van der Waals surface area contributed by atoms with Gasteiger partial charge in [0.05, 0.1) is 22.6 Å². The van der Waals surface area contributed by atoms with Gasteiger partial charge in [0.15, 0.2) is 12.4 Å². The van der Waals surface area contributed by atoms with Gasteiger partial charge in [-0.3, -0.25) is 0 Å². The predicted molar refractivity (Wildman–Crippen MR) is 107 cm³/mol. The fourth-order valence-corrected chi connectivity index (χ4v) is 3.08. The van der Waals surface area contributed by atoms with Gasteiger partial charge in [-0.05, 0) is 30.1 Å². The third kappa shape index (κ3) is 4.04. The van der Waals surface area contributed by atoms with Crippen molar-refractivity contribution in [1.82, 2.24) is 9.97 Å². The molecule has 1 aliphatic rings. The van der Waals surface area contributed by atoms with Crippen LogP contribution in [0, 0.1) is 0 Å². The van der Waals surface area contributed by atoms with Gasteiger partial charge in [0, 0.05) is 12.2 Å². The molecule has 0 radical (unpaired) electrons. The van der Waals surface area contributed by atoms with E-state index in [0.29, 0.717) is 18.4 Å². The Morgan fingerprint density at radius 2 is 1.79 bits per heavy atom. The number of hydrogen-bond acceptors (Lipinski definition) is 6. The number of amidine groups is 1. The molecule has 0 aliphatic carbocycles. The second-order valence-corrected chi connectivity index (χ2v) is 6.52. The first-order chi connectivity index (χ1) is 13.8. The molecule has 0 atom stereocenters. The maximum absolute atomic E-state index is 8.97. The van der Waals surface area contributed by atoms with E-state index in [-0.39, 0.29) is 13.2 Å². The summed E-state index contributed by atoms with van der Waals surface area (Å²) >= 11 is 0. The van der Waals surface area contributed by atoms with Gasteiger partial charge in [0.2, 0.25) is 12.5 Å². The van der Waals surface area contributed by atoms with E-state index < -0.39 is 0 Å². The Kier molecular flexibility index (Phi) is 5.63. The first-order valence-corrected chi connectivity index (χ1v) is 9.39. The molecule has 3 aromatic rings. The van der Waals surface area contributed by atoms with Crippen LogP contribution in [0.5, 0.6) is 5.88 Å². The van der Waals surface area contributed by atoms with E-state index in [1.54, 1.807) is 0 Å². The Morgan fingerprint density at radius 1 is 0.964 bits per heavy atom. The third-order valence-corrected chi connectivity index (χ3v) is 4.56. The number of benzene rings is 2. The van der Waals surface area contributed by atoms with E-state index in [1.807, 2.05) is 54.6 Å². The van der Waals surface area contributed by atoms with Gasteiger partial charge in [0.1, 0.15) is 0 Å².